The molecule has 0 aliphatic carbocycles. The van der Waals surface area contributed by atoms with Gasteiger partial charge >= 0.3 is 0 Å². The van der Waals surface area contributed by atoms with Gasteiger partial charge in [-0.1, -0.05) is 30.3 Å². The van der Waals surface area contributed by atoms with Gasteiger partial charge in [0.2, 0.25) is 5.88 Å². The number of methoxy groups -OCH3 is 1. The molecule has 1 unspecified atom stereocenters. The van der Waals surface area contributed by atoms with Gasteiger partial charge < -0.3 is 15.4 Å². The van der Waals surface area contributed by atoms with Crippen molar-refractivity contribution in [1.29, 1.82) is 0 Å². The second kappa shape index (κ2) is 10.4. The maximum Gasteiger partial charge on any atom is 0.274 e. The van der Waals surface area contributed by atoms with Crippen LogP contribution in [0.2, 0.25) is 0 Å². The molecule has 8 heteroatoms. The summed E-state index contributed by atoms with van der Waals surface area (Å²) < 4.78 is 6.94. The molecule has 1 aliphatic heterocycles. The minimum atomic E-state index is -0.0365. The highest BCUT2D eigenvalue weighted by Crippen LogP contribution is 2.27. The summed E-state index contributed by atoms with van der Waals surface area (Å²) in [4.78, 5) is 19.6. The van der Waals surface area contributed by atoms with Gasteiger partial charge in [-0.2, -0.15) is 5.10 Å². The Morgan fingerprint density at radius 3 is 2.68 bits per heavy atom. The van der Waals surface area contributed by atoms with Crippen LogP contribution in [0.15, 0.2) is 54.7 Å². The first-order valence-electron chi connectivity index (χ1n) is 10.4. The highest BCUT2D eigenvalue weighted by molar-refractivity contribution is 5.94. The van der Waals surface area contributed by atoms with Gasteiger partial charge in [-0.25, -0.2) is 9.67 Å². The fourth-order valence-corrected chi connectivity index (χ4v) is 4.02. The van der Waals surface area contributed by atoms with Crippen LogP contribution in [0, 0.1) is 0 Å². The first kappa shape index (κ1) is 22.8. The molecule has 3 aromatic rings. The van der Waals surface area contributed by atoms with E-state index in [1.807, 2.05) is 47.4 Å². The number of piperidine rings is 1. The number of likely N-dealkylation sites (tertiary alicyclic amines) is 1. The smallest absolute Gasteiger partial charge is 0.274 e. The molecule has 7 nitrogen and oxygen atoms in total. The van der Waals surface area contributed by atoms with Crippen LogP contribution in [0.3, 0.4) is 0 Å². The predicted octanol–water partition coefficient (Wildman–Crippen LogP) is 3.71. The molecule has 0 radical (unpaired) electrons. The molecule has 1 atom stereocenters. The molecule has 1 aliphatic rings. The number of nitrogens with two attached hydrogens (primary N) is 1. The minimum Gasteiger partial charge on any atom is -0.481 e. The second-order valence-electron chi connectivity index (χ2n) is 7.48. The van der Waals surface area contributed by atoms with E-state index < -0.39 is 0 Å². The zero-order valence-electron chi connectivity index (χ0n) is 17.6. The highest BCUT2D eigenvalue weighted by Gasteiger charge is 2.29. The van der Waals surface area contributed by atoms with Crippen molar-refractivity contribution < 1.29 is 9.53 Å². The van der Waals surface area contributed by atoms with E-state index in [1.54, 1.807) is 24.1 Å². The zero-order valence-corrected chi connectivity index (χ0v) is 18.4. The summed E-state index contributed by atoms with van der Waals surface area (Å²) in [5, 5.41) is 4.70. The number of carbonyl (C=O) groups excluding carboxylic acids is 1. The number of hydrogen-bond acceptors (Lipinski definition) is 5. The fraction of sp³-hybridized carbons (Fsp3) is 0.348. The van der Waals surface area contributed by atoms with Crippen LogP contribution in [0.5, 0.6) is 5.88 Å². The largest absolute Gasteiger partial charge is 0.481 e. The quantitative estimate of drug-likeness (QED) is 0.630. The van der Waals surface area contributed by atoms with Crippen molar-refractivity contribution in [3.8, 4) is 22.8 Å². The lowest BCUT2D eigenvalue weighted by Gasteiger charge is -2.35. The molecule has 0 bridgehead atoms. The number of ether oxygens (including phenoxy) is 1. The molecule has 1 aromatic carbocycles. The second-order valence-corrected chi connectivity index (χ2v) is 7.48. The molecule has 3 heterocycles. The van der Waals surface area contributed by atoms with E-state index in [-0.39, 0.29) is 24.4 Å². The molecule has 0 saturated carbocycles. The first-order chi connectivity index (χ1) is 14.7. The number of hydrogen-bond donors (Lipinski definition) is 1. The Morgan fingerprint density at radius 1 is 1.19 bits per heavy atom. The molecule has 1 fully saturated rings. The summed E-state index contributed by atoms with van der Waals surface area (Å²) in [5.41, 5.74) is 8.83. The van der Waals surface area contributed by atoms with Crippen molar-refractivity contribution in [2.45, 2.75) is 31.7 Å². The molecule has 164 valence electrons. The molecular formula is C23H28ClN5O2. The van der Waals surface area contributed by atoms with E-state index in [0.717, 1.165) is 49.2 Å². The first-order valence-corrected chi connectivity index (χ1v) is 10.4. The average molecular weight is 442 g/mol. The summed E-state index contributed by atoms with van der Waals surface area (Å²) in [5.74, 6) is 0.493. The number of aromatic nitrogens is 3. The summed E-state index contributed by atoms with van der Waals surface area (Å²) in [6.45, 7) is 1.33. The Hall–Kier alpha value is -2.90. The highest BCUT2D eigenvalue weighted by atomic mass is 35.5. The zero-order chi connectivity index (χ0) is 20.9. The van der Waals surface area contributed by atoms with E-state index in [9.17, 15) is 4.79 Å². The Morgan fingerprint density at radius 2 is 2.00 bits per heavy atom. The summed E-state index contributed by atoms with van der Waals surface area (Å²) in [6, 6.07) is 15.7. The third-order valence-corrected chi connectivity index (χ3v) is 5.56. The van der Waals surface area contributed by atoms with Crippen LogP contribution in [0.25, 0.3) is 16.9 Å². The van der Waals surface area contributed by atoms with Crippen LogP contribution in [0.4, 0.5) is 0 Å². The summed E-state index contributed by atoms with van der Waals surface area (Å²) in [7, 11) is 1.58. The van der Waals surface area contributed by atoms with Crippen molar-refractivity contribution in [3.63, 3.8) is 0 Å². The Bertz CT molecular complexity index is 989. The molecule has 4 rings (SSSR count). The van der Waals surface area contributed by atoms with E-state index in [2.05, 4.69) is 4.98 Å². The lowest BCUT2D eigenvalue weighted by atomic mass is 9.99. The molecule has 1 amide bonds. The number of amides is 1. The van der Waals surface area contributed by atoms with Gasteiger partial charge in [-0.3, -0.25) is 4.79 Å². The number of rotatable bonds is 6. The van der Waals surface area contributed by atoms with Crippen LogP contribution >= 0.6 is 12.4 Å². The molecule has 1 saturated heterocycles. The van der Waals surface area contributed by atoms with Crippen LogP contribution in [-0.2, 0) is 0 Å². The van der Waals surface area contributed by atoms with Crippen molar-refractivity contribution in [1.82, 2.24) is 19.7 Å². The molecule has 0 spiro atoms. The Labute approximate surface area is 188 Å². The van der Waals surface area contributed by atoms with Gasteiger partial charge in [-0.05, 0) is 44.4 Å². The van der Waals surface area contributed by atoms with Gasteiger partial charge in [0, 0.05) is 24.2 Å². The van der Waals surface area contributed by atoms with Crippen molar-refractivity contribution in [3.05, 3.63) is 60.4 Å². The molecule has 31 heavy (non-hydrogen) atoms. The average Bonchev–Trinajstić information content (AvgIpc) is 3.25. The monoisotopic (exact) mass is 441 g/mol. The number of pyridine rings is 1. The van der Waals surface area contributed by atoms with Crippen LogP contribution in [0.1, 0.15) is 36.2 Å². The maximum absolute atomic E-state index is 13.4. The third kappa shape index (κ3) is 4.89. The Balaban J connectivity index is 0.00000272. The van der Waals surface area contributed by atoms with Crippen LogP contribution < -0.4 is 10.5 Å². The lowest BCUT2D eigenvalue weighted by molar-refractivity contribution is 0.0598. The normalized spacial score (nSPS) is 15.9. The number of benzene rings is 1. The summed E-state index contributed by atoms with van der Waals surface area (Å²) in [6.07, 6.45) is 5.67. The Kier molecular flexibility index (Phi) is 7.65. The van der Waals surface area contributed by atoms with E-state index in [4.69, 9.17) is 15.6 Å². The number of nitrogens with zero attached hydrogens (tertiary/aromatic N) is 4. The molecule has 2 N–H and O–H groups in total. The van der Waals surface area contributed by atoms with Crippen LogP contribution in [-0.4, -0.2) is 51.8 Å². The number of halogens is 1. The molecule has 2 aromatic heterocycles. The van der Waals surface area contributed by atoms with E-state index >= 15 is 0 Å². The lowest BCUT2D eigenvalue weighted by Crippen LogP contribution is -2.44. The number of carbonyl (C=O) groups is 1. The van der Waals surface area contributed by atoms with Gasteiger partial charge in [0.25, 0.3) is 5.91 Å². The minimum absolute atomic E-state index is 0. The van der Waals surface area contributed by atoms with Gasteiger partial charge in [0.15, 0.2) is 5.69 Å². The van der Waals surface area contributed by atoms with Gasteiger partial charge in [-0.15, -0.1) is 12.4 Å². The topological polar surface area (TPSA) is 86.3 Å². The molecular weight excluding hydrogens is 414 g/mol. The van der Waals surface area contributed by atoms with Crippen molar-refractivity contribution in [2.75, 3.05) is 20.2 Å². The van der Waals surface area contributed by atoms with Gasteiger partial charge in [0.1, 0.15) is 0 Å². The van der Waals surface area contributed by atoms with E-state index in [1.165, 1.54) is 0 Å². The van der Waals surface area contributed by atoms with E-state index in [0.29, 0.717) is 18.1 Å². The fourth-order valence-electron chi connectivity index (χ4n) is 4.02. The van der Waals surface area contributed by atoms with Gasteiger partial charge in [0.05, 0.1) is 24.7 Å². The third-order valence-electron chi connectivity index (χ3n) is 5.56. The SMILES string of the molecule is COc1ccc(-n2nc(C(=O)N3CCCCC3CCN)cc2-c2ccccc2)cn1.Cl. The summed E-state index contributed by atoms with van der Waals surface area (Å²) >= 11 is 0. The standard InChI is InChI=1S/C23H27N5O2.ClH/c1-30-22-11-10-19(16-25-22)28-21(17-7-3-2-4-8-17)15-20(26-28)23(29)27-14-6-5-9-18(27)12-13-24;/h2-4,7-8,10-11,15-16,18H,5-6,9,12-14,24H2,1H3;1H. The predicted molar refractivity (Wildman–Crippen MR) is 123 cm³/mol. The van der Waals surface area contributed by atoms with Crippen molar-refractivity contribution >= 4 is 18.3 Å². The maximum atomic E-state index is 13.4. The van der Waals surface area contributed by atoms with Crippen molar-refractivity contribution in [2.24, 2.45) is 5.73 Å².